The number of nitrogens with one attached hydrogen (secondary N) is 1. The van der Waals surface area contributed by atoms with Crippen LogP contribution in [0, 0.1) is 0 Å². The lowest BCUT2D eigenvalue weighted by molar-refractivity contribution is -0.121. The molecular weight excluding hydrogens is 284 g/mol. The molecule has 1 heterocycles. The van der Waals surface area contributed by atoms with Crippen molar-refractivity contribution in [1.82, 2.24) is 10.3 Å². The third kappa shape index (κ3) is 11.8. The highest BCUT2D eigenvalue weighted by molar-refractivity contribution is 5.75. The van der Waals surface area contributed by atoms with E-state index in [2.05, 4.69) is 17.2 Å². The van der Waals surface area contributed by atoms with Gasteiger partial charge in [0.15, 0.2) is 0 Å². The Labute approximate surface area is 142 Å². The van der Waals surface area contributed by atoms with Crippen molar-refractivity contribution >= 4 is 5.91 Å². The molecule has 0 unspecified atom stereocenters. The van der Waals surface area contributed by atoms with Crippen LogP contribution in [-0.2, 0) is 11.3 Å². The highest BCUT2D eigenvalue weighted by Gasteiger charge is 2.01. The molecule has 0 aliphatic carbocycles. The lowest BCUT2D eigenvalue weighted by Crippen LogP contribution is -2.22. The summed E-state index contributed by atoms with van der Waals surface area (Å²) in [6.07, 6.45) is 18.7. The van der Waals surface area contributed by atoms with E-state index in [1.54, 1.807) is 12.4 Å². The van der Waals surface area contributed by atoms with Gasteiger partial charge in [-0.1, -0.05) is 77.2 Å². The number of pyridine rings is 1. The van der Waals surface area contributed by atoms with Crippen LogP contribution in [0.25, 0.3) is 0 Å². The second-order valence-electron chi connectivity index (χ2n) is 6.42. The standard InChI is InChI=1S/C20H34N2O/c1-2-3-4-5-6-7-8-9-10-11-12-15-20(23)22-18-19-14-13-16-21-17-19/h13-14,16-17H,2-12,15,18H2,1H3,(H,22,23). The lowest BCUT2D eigenvalue weighted by Gasteiger charge is -2.05. The zero-order chi connectivity index (χ0) is 16.6. The maximum absolute atomic E-state index is 11.7. The fourth-order valence-corrected chi connectivity index (χ4v) is 2.74. The Morgan fingerprint density at radius 1 is 0.957 bits per heavy atom. The maximum Gasteiger partial charge on any atom is 0.220 e. The number of carbonyl (C=O) groups is 1. The van der Waals surface area contributed by atoms with E-state index in [0.717, 1.165) is 12.0 Å². The number of unbranched alkanes of at least 4 members (excludes halogenated alkanes) is 10. The van der Waals surface area contributed by atoms with Crippen LogP contribution in [0.2, 0.25) is 0 Å². The molecule has 0 fully saturated rings. The summed E-state index contributed by atoms with van der Waals surface area (Å²) in [5, 5.41) is 2.96. The van der Waals surface area contributed by atoms with Crippen LogP contribution < -0.4 is 5.32 Å². The van der Waals surface area contributed by atoms with Gasteiger partial charge in [-0.25, -0.2) is 0 Å². The summed E-state index contributed by atoms with van der Waals surface area (Å²) < 4.78 is 0. The van der Waals surface area contributed by atoms with Gasteiger partial charge in [0, 0.05) is 25.4 Å². The SMILES string of the molecule is CCCCCCCCCCCCCC(=O)NCc1cccnc1. The molecule has 0 spiro atoms. The van der Waals surface area contributed by atoms with Gasteiger partial charge in [0.1, 0.15) is 0 Å². The molecule has 0 atom stereocenters. The molecule has 1 N–H and O–H groups in total. The first kappa shape index (κ1) is 19.7. The van der Waals surface area contributed by atoms with Gasteiger partial charge in [0.05, 0.1) is 0 Å². The Bertz CT molecular complexity index is 392. The largest absolute Gasteiger partial charge is 0.352 e. The van der Waals surface area contributed by atoms with E-state index in [1.807, 2.05) is 12.1 Å². The summed E-state index contributed by atoms with van der Waals surface area (Å²) in [5.74, 6) is 0.157. The topological polar surface area (TPSA) is 42.0 Å². The molecule has 130 valence electrons. The molecule has 0 bridgehead atoms. The Morgan fingerprint density at radius 2 is 1.57 bits per heavy atom. The number of carbonyl (C=O) groups excluding carboxylic acids is 1. The zero-order valence-corrected chi connectivity index (χ0v) is 14.9. The maximum atomic E-state index is 11.7. The second-order valence-corrected chi connectivity index (χ2v) is 6.42. The van der Waals surface area contributed by atoms with Crippen molar-refractivity contribution in [2.75, 3.05) is 0 Å². The first-order chi connectivity index (χ1) is 11.3. The Kier molecular flexibility index (Phi) is 12.2. The summed E-state index contributed by atoms with van der Waals surface area (Å²) in [4.78, 5) is 15.8. The third-order valence-electron chi connectivity index (χ3n) is 4.22. The van der Waals surface area contributed by atoms with Crippen molar-refractivity contribution in [3.8, 4) is 0 Å². The first-order valence-electron chi connectivity index (χ1n) is 9.48. The summed E-state index contributed by atoms with van der Waals surface area (Å²) >= 11 is 0. The first-order valence-corrected chi connectivity index (χ1v) is 9.48. The molecule has 0 aliphatic heterocycles. The molecular formula is C20H34N2O. The molecule has 0 saturated heterocycles. The van der Waals surface area contributed by atoms with E-state index >= 15 is 0 Å². The van der Waals surface area contributed by atoms with E-state index in [-0.39, 0.29) is 5.91 Å². The average molecular weight is 319 g/mol. The molecule has 23 heavy (non-hydrogen) atoms. The Hall–Kier alpha value is -1.38. The highest BCUT2D eigenvalue weighted by Crippen LogP contribution is 2.11. The van der Waals surface area contributed by atoms with Gasteiger partial charge in [-0.2, -0.15) is 0 Å². The van der Waals surface area contributed by atoms with Gasteiger partial charge in [0.25, 0.3) is 0 Å². The zero-order valence-electron chi connectivity index (χ0n) is 14.9. The van der Waals surface area contributed by atoms with Crippen molar-refractivity contribution in [2.24, 2.45) is 0 Å². The average Bonchev–Trinajstić information content (AvgIpc) is 2.59. The van der Waals surface area contributed by atoms with Crippen LogP contribution in [0.1, 0.15) is 89.5 Å². The Balaban J connectivity index is 1.84. The van der Waals surface area contributed by atoms with Crippen LogP contribution in [0.3, 0.4) is 0 Å². The van der Waals surface area contributed by atoms with Crippen molar-refractivity contribution in [3.05, 3.63) is 30.1 Å². The number of aromatic nitrogens is 1. The molecule has 0 radical (unpaired) electrons. The summed E-state index contributed by atoms with van der Waals surface area (Å²) in [5.41, 5.74) is 1.06. The number of rotatable bonds is 14. The van der Waals surface area contributed by atoms with Gasteiger partial charge in [-0.05, 0) is 18.1 Å². The minimum Gasteiger partial charge on any atom is -0.352 e. The fraction of sp³-hybridized carbons (Fsp3) is 0.700. The molecule has 1 aromatic rings. The van der Waals surface area contributed by atoms with Gasteiger partial charge in [0.2, 0.25) is 5.91 Å². The van der Waals surface area contributed by atoms with E-state index in [0.29, 0.717) is 13.0 Å². The third-order valence-corrected chi connectivity index (χ3v) is 4.22. The fourth-order valence-electron chi connectivity index (χ4n) is 2.74. The van der Waals surface area contributed by atoms with E-state index in [4.69, 9.17) is 0 Å². The van der Waals surface area contributed by atoms with Gasteiger partial charge < -0.3 is 5.32 Å². The van der Waals surface area contributed by atoms with Crippen LogP contribution >= 0.6 is 0 Å². The molecule has 0 aliphatic rings. The monoisotopic (exact) mass is 318 g/mol. The minimum absolute atomic E-state index is 0.157. The van der Waals surface area contributed by atoms with Crippen molar-refractivity contribution in [3.63, 3.8) is 0 Å². The van der Waals surface area contributed by atoms with Gasteiger partial charge in [-0.15, -0.1) is 0 Å². The number of hydrogen-bond acceptors (Lipinski definition) is 2. The lowest BCUT2D eigenvalue weighted by atomic mass is 10.1. The van der Waals surface area contributed by atoms with Crippen LogP contribution in [-0.4, -0.2) is 10.9 Å². The minimum atomic E-state index is 0.157. The second kappa shape index (κ2) is 14.2. The summed E-state index contributed by atoms with van der Waals surface area (Å²) in [7, 11) is 0. The van der Waals surface area contributed by atoms with Gasteiger partial charge in [-0.3, -0.25) is 9.78 Å². The molecule has 0 saturated carbocycles. The molecule has 3 heteroatoms. The molecule has 0 aromatic carbocycles. The normalized spacial score (nSPS) is 10.7. The van der Waals surface area contributed by atoms with Crippen LogP contribution in [0.5, 0.6) is 0 Å². The van der Waals surface area contributed by atoms with Crippen LogP contribution in [0.4, 0.5) is 0 Å². The number of nitrogens with zero attached hydrogens (tertiary/aromatic N) is 1. The number of amides is 1. The highest BCUT2D eigenvalue weighted by atomic mass is 16.1. The molecule has 1 aromatic heterocycles. The molecule has 1 rings (SSSR count). The van der Waals surface area contributed by atoms with Crippen molar-refractivity contribution in [1.29, 1.82) is 0 Å². The van der Waals surface area contributed by atoms with Crippen LogP contribution in [0.15, 0.2) is 24.5 Å². The summed E-state index contributed by atoms with van der Waals surface area (Å²) in [6.45, 7) is 2.85. The van der Waals surface area contributed by atoms with Crippen molar-refractivity contribution < 1.29 is 4.79 Å². The summed E-state index contributed by atoms with van der Waals surface area (Å²) in [6, 6.07) is 3.88. The molecule has 3 nitrogen and oxygen atoms in total. The number of hydrogen-bond donors (Lipinski definition) is 1. The van der Waals surface area contributed by atoms with E-state index in [9.17, 15) is 4.79 Å². The van der Waals surface area contributed by atoms with E-state index in [1.165, 1.54) is 64.2 Å². The Morgan fingerprint density at radius 3 is 2.13 bits per heavy atom. The predicted octanol–water partition coefficient (Wildman–Crippen LogP) is 5.40. The van der Waals surface area contributed by atoms with Gasteiger partial charge >= 0.3 is 0 Å². The van der Waals surface area contributed by atoms with E-state index < -0.39 is 0 Å². The smallest absolute Gasteiger partial charge is 0.220 e. The quantitative estimate of drug-likeness (QED) is 0.467. The van der Waals surface area contributed by atoms with Crippen molar-refractivity contribution in [2.45, 2.75) is 90.5 Å². The molecule has 1 amide bonds. The predicted molar refractivity (Wildman–Crippen MR) is 97.2 cm³/mol.